The van der Waals surface area contributed by atoms with Crippen LogP contribution in [0.4, 0.5) is 5.69 Å². The Bertz CT molecular complexity index is 1260. The number of carbonyl (C=O) groups excluding carboxylic acids is 1. The molecule has 0 fully saturated rings. The van der Waals surface area contributed by atoms with Crippen LogP contribution in [0.5, 0.6) is 5.75 Å². The lowest BCUT2D eigenvalue weighted by Gasteiger charge is -2.26. The number of methoxy groups -OCH3 is 1. The minimum absolute atomic E-state index is 0.0841. The second-order valence-electron chi connectivity index (χ2n) is 7.74. The van der Waals surface area contributed by atoms with Gasteiger partial charge in [0.2, 0.25) is 0 Å². The van der Waals surface area contributed by atoms with Gasteiger partial charge in [-0.2, -0.15) is 5.10 Å². The lowest BCUT2D eigenvalue weighted by Crippen LogP contribution is -2.29. The molecule has 1 aliphatic rings. The number of hydrogen-bond acceptors (Lipinski definition) is 3. The van der Waals surface area contributed by atoms with E-state index >= 15 is 0 Å². The minimum Gasteiger partial charge on any atom is -0.497 e. The monoisotopic (exact) mass is 487 g/mol. The first-order chi connectivity index (χ1) is 15.6. The number of fused-ring (bicyclic) bond motifs is 1. The number of amides is 1. The summed E-state index contributed by atoms with van der Waals surface area (Å²) in [6.45, 7) is 2.14. The minimum atomic E-state index is -0.277. The van der Waals surface area contributed by atoms with Gasteiger partial charge in [-0.1, -0.05) is 47.1 Å². The summed E-state index contributed by atoms with van der Waals surface area (Å²) in [6.07, 6.45) is 0.967. The molecule has 5 nitrogen and oxygen atoms in total. The molecule has 4 aromatic rings. The van der Waals surface area contributed by atoms with Crippen LogP contribution in [0.15, 0.2) is 77.3 Å². The summed E-state index contributed by atoms with van der Waals surface area (Å²) in [6, 6.07) is 23.8. The molecule has 1 aliphatic heterocycles. The molecular formula is C26H22BrN3O2. The molecule has 0 aliphatic carbocycles. The number of H-pyrrole nitrogens is 1. The van der Waals surface area contributed by atoms with E-state index < -0.39 is 0 Å². The summed E-state index contributed by atoms with van der Waals surface area (Å²) >= 11 is 3.49. The van der Waals surface area contributed by atoms with Gasteiger partial charge < -0.3 is 4.74 Å². The molecule has 1 aromatic heterocycles. The molecule has 2 heterocycles. The van der Waals surface area contributed by atoms with E-state index in [1.54, 1.807) is 7.11 Å². The Hall–Kier alpha value is -3.38. The lowest BCUT2D eigenvalue weighted by atomic mass is 9.95. The van der Waals surface area contributed by atoms with Gasteiger partial charge in [-0.25, -0.2) is 0 Å². The van der Waals surface area contributed by atoms with Crippen LogP contribution in [0, 0.1) is 0 Å². The van der Waals surface area contributed by atoms with E-state index in [0.717, 1.165) is 44.7 Å². The largest absolute Gasteiger partial charge is 0.497 e. The Morgan fingerprint density at radius 3 is 2.31 bits per heavy atom. The van der Waals surface area contributed by atoms with Crippen molar-refractivity contribution in [2.24, 2.45) is 0 Å². The molecule has 160 valence electrons. The molecule has 1 N–H and O–H groups in total. The maximum absolute atomic E-state index is 13.6. The Morgan fingerprint density at radius 1 is 1.00 bits per heavy atom. The van der Waals surface area contributed by atoms with Crippen molar-refractivity contribution in [1.29, 1.82) is 0 Å². The Kier molecular flexibility index (Phi) is 5.31. The van der Waals surface area contributed by atoms with Crippen LogP contribution in [-0.4, -0.2) is 23.2 Å². The number of aryl methyl sites for hydroxylation is 1. The Balaban J connectivity index is 1.68. The van der Waals surface area contributed by atoms with E-state index in [1.807, 2.05) is 53.4 Å². The molecule has 0 bridgehead atoms. The van der Waals surface area contributed by atoms with Crippen molar-refractivity contribution in [2.75, 3.05) is 12.0 Å². The maximum Gasteiger partial charge on any atom is 0.277 e. The number of hydrogen-bond donors (Lipinski definition) is 1. The molecule has 1 atom stereocenters. The van der Waals surface area contributed by atoms with Gasteiger partial charge in [-0.15, -0.1) is 0 Å². The van der Waals surface area contributed by atoms with Crippen LogP contribution in [0.3, 0.4) is 0 Å². The Morgan fingerprint density at radius 2 is 1.69 bits per heavy atom. The number of carbonyl (C=O) groups is 1. The van der Waals surface area contributed by atoms with Crippen molar-refractivity contribution in [2.45, 2.75) is 19.4 Å². The van der Waals surface area contributed by atoms with E-state index in [2.05, 4.69) is 57.3 Å². The van der Waals surface area contributed by atoms with Crippen molar-refractivity contribution in [1.82, 2.24) is 10.2 Å². The molecule has 0 saturated carbocycles. The molecule has 32 heavy (non-hydrogen) atoms. The number of ether oxygens (including phenoxy) is 1. The molecule has 0 unspecified atom stereocenters. The van der Waals surface area contributed by atoms with Gasteiger partial charge in [0.05, 0.1) is 18.8 Å². The van der Waals surface area contributed by atoms with Gasteiger partial charge in [0.25, 0.3) is 5.91 Å². The van der Waals surface area contributed by atoms with Gasteiger partial charge in [-0.05, 0) is 66.1 Å². The van der Waals surface area contributed by atoms with Gasteiger partial charge >= 0.3 is 0 Å². The summed E-state index contributed by atoms with van der Waals surface area (Å²) in [5, 5.41) is 7.56. The van der Waals surface area contributed by atoms with Crippen molar-refractivity contribution in [3.8, 4) is 17.0 Å². The second-order valence-corrected chi connectivity index (χ2v) is 8.65. The number of anilines is 1. The fourth-order valence-electron chi connectivity index (χ4n) is 4.24. The molecule has 0 radical (unpaired) electrons. The van der Waals surface area contributed by atoms with E-state index in [-0.39, 0.29) is 11.9 Å². The van der Waals surface area contributed by atoms with Gasteiger partial charge in [0, 0.05) is 21.3 Å². The average Bonchev–Trinajstić information content (AvgIpc) is 3.39. The van der Waals surface area contributed by atoms with Crippen LogP contribution in [-0.2, 0) is 6.42 Å². The molecule has 0 saturated heterocycles. The highest BCUT2D eigenvalue weighted by Gasteiger charge is 2.43. The summed E-state index contributed by atoms with van der Waals surface area (Å²) in [4.78, 5) is 15.4. The zero-order valence-corrected chi connectivity index (χ0v) is 19.4. The number of nitrogens with zero attached hydrogens (tertiary/aromatic N) is 2. The normalized spacial score (nSPS) is 15.2. The number of aromatic nitrogens is 2. The first-order valence-electron chi connectivity index (χ1n) is 10.5. The maximum atomic E-state index is 13.6. The van der Waals surface area contributed by atoms with Crippen molar-refractivity contribution < 1.29 is 9.53 Å². The first-order valence-corrected chi connectivity index (χ1v) is 11.3. The predicted molar refractivity (Wildman–Crippen MR) is 129 cm³/mol. The van der Waals surface area contributed by atoms with Crippen molar-refractivity contribution >= 4 is 27.5 Å². The van der Waals surface area contributed by atoms with Crippen molar-refractivity contribution in [3.63, 3.8) is 0 Å². The smallest absolute Gasteiger partial charge is 0.277 e. The number of rotatable bonds is 5. The SMILES string of the molecule is CCc1ccc([C@H]2c3c(-c4ccc(OC)cc4)n[nH]c3C(=O)N2c2ccc(Br)cc2)cc1. The zero-order valence-electron chi connectivity index (χ0n) is 17.8. The fraction of sp³-hybridized carbons (Fsp3) is 0.154. The molecule has 5 rings (SSSR count). The van der Waals surface area contributed by atoms with E-state index in [4.69, 9.17) is 4.74 Å². The van der Waals surface area contributed by atoms with Crippen LogP contribution in [0.25, 0.3) is 11.3 Å². The summed E-state index contributed by atoms with van der Waals surface area (Å²) in [5.74, 6) is 0.694. The molecule has 0 spiro atoms. The topological polar surface area (TPSA) is 58.2 Å². The third-order valence-corrected chi connectivity index (χ3v) is 6.47. The first kappa shape index (κ1) is 20.5. The van der Waals surface area contributed by atoms with E-state index in [1.165, 1.54) is 5.56 Å². The second kappa shape index (κ2) is 8.28. The quantitative estimate of drug-likeness (QED) is 0.366. The van der Waals surface area contributed by atoms with Crippen LogP contribution in [0.2, 0.25) is 0 Å². The average molecular weight is 488 g/mol. The van der Waals surface area contributed by atoms with Crippen LogP contribution in [0.1, 0.15) is 40.1 Å². The number of aromatic amines is 1. The number of nitrogens with one attached hydrogen (secondary N) is 1. The molecule has 3 aromatic carbocycles. The predicted octanol–water partition coefficient (Wildman–Crippen LogP) is 6.16. The van der Waals surface area contributed by atoms with Crippen LogP contribution < -0.4 is 9.64 Å². The number of benzene rings is 3. The number of halogens is 1. The van der Waals surface area contributed by atoms with Crippen molar-refractivity contribution in [3.05, 3.63) is 99.7 Å². The summed E-state index contributed by atoms with van der Waals surface area (Å²) in [5.41, 5.74) is 6.29. The van der Waals surface area contributed by atoms with Gasteiger partial charge in [0.1, 0.15) is 11.4 Å². The van der Waals surface area contributed by atoms with Gasteiger partial charge in [0.15, 0.2) is 0 Å². The highest BCUT2D eigenvalue weighted by Crippen LogP contribution is 2.45. The summed E-state index contributed by atoms with van der Waals surface area (Å²) < 4.78 is 6.27. The van der Waals surface area contributed by atoms with E-state index in [9.17, 15) is 4.79 Å². The highest BCUT2D eigenvalue weighted by molar-refractivity contribution is 9.10. The third kappa shape index (κ3) is 3.41. The third-order valence-electron chi connectivity index (χ3n) is 5.94. The standard InChI is InChI=1S/C26H22BrN3O2/c1-3-16-4-6-18(7-5-16)25-22-23(17-8-14-21(32-2)15-9-17)28-29-24(22)26(31)30(25)20-12-10-19(27)11-13-20/h4-15,25H,3H2,1-2H3,(H,28,29)/t25-/m0/s1. The molecule has 1 amide bonds. The molecular weight excluding hydrogens is 466 g/mol. The van der Waals surface area contributed by atoms with Gasteiger partial charge in [-0.3, -0.25) is 14.8 Å². The zero-order chi connectivity index (χ0) is 22.2. The summed E-state index contributed by atoms with van der Waals surface area (Å²) in [7, 11) is 1.64. The lowest BCUT2D eigenvalue weighted by molar-refractivity contribution is 0.0989. The molecule has 6 heteroatoms. The highest BCUT2D eigenvalue weighted by atomic mass is 79.9. The van der Waals surface area contributed by atoms with E-state index in [0.29, 0.717) is 5.69 Å². The Labute approximate surface area is 195 Å². The van der Waals surface area contributed by atoms with Crippen LogP contribution >= 0.6 is 15.9 Å². The fourth-order valence-corrected chi connectivity index (χ4v) is 4.50.